The number of rotatable bonds is 2. The van der Waals surface area contributed by atoms with E-state index in [1.807, 2.05) is 0 Å². The minimum atomic E-state index is 0.517. The van der Waals surface area contributed by atoms with Gasteiger partial charge in [-0.05, 0) is 25.2 Å². The van der Waals surface area contributed by atoms with Gasteiger partial charge in [-0.25, -0.2) is 0 Å². The van der Waals surface area contributed by atoms with Gasteiger partial charge in [0.05, 0.1) is 6.10 Å². The van der Waals surface area contributed by atoms with Gasteiger partial charge in [-0.3, -0.25) is 0 Å². The second kappa shape index (κ2) is 3.43. The number of hydrogen-bond donors (Lipinski definition) is 0. The SMILES string of the molecule is B[C@H]1CCC(CC(C)C)O1. The Morgan fingerprint density at radius 3 is 2.60 bits per heavy atom. The summed E-state index contributed by atoms with van der Waals surface area (Å²) in [5.41, 5.74) is 0. The van der Waals surface area contributed by atoms with Gasteiger partial charge in [0.1, 0.15) is 7.85 Å². The van der Waals surface area contributed by atoms with E-state index in [0.717, 1.165) is 5.92 Å². The van der Waals surface area contributed by atoms with Gasteiger partial charge in [-0.2, -0.15) is 0 Å². The third-order valence-electron chi connectivity index (χ3n) is 2.05. The molecule has 0 saturated carbocycles. The summed E-state index contributed by atoms with van der Waals surface area (Å²) in [5, 5.41) is 0. The zero-order valence-electron chi connectivity index (χ0n) is 7.26. The molecule has 1 unspecified atom stereocenters. The second-order valence-corrected chi connectivity index (χ2v) is 3.78. The summed E-state index contributed by atoms with van der Waals surface area (Å²) in [6, 6.07) is 0.517. The third-order valence-corrected chi connectivity index (χ3v) is 2.05. The fourth-order valence-corrected chi connectivity index (χ4v) is 1.58. The lowest BCUT2D eigenvalue weighted by Crippen LogP contribution is -2.12. The molecule has 2 atom stereocenters. The monoisotopic (exact) mass is 140 g/mol. The van der Waals surface area contributed by atoms with Gasteiger partial charge in [0.25, 0.3) is 0 Å². The van der Waals surface area contributed by atoms with Gasteiger partial charge >= 0.3 is 0 Å². The standard InChI is InChI=1S/C8H17BO/c1-6(2)5-7-3-4-8(9)10-7/h6-8H,3-5,9H2,1-2H3/t7?,8-/m1/s1. The fourth-order valence-electron chi connectivity index (χ4n) is 1.58. The molecule has 1 saturated heterocycles. The van der Waals surface area contributed by atoms with Gasteiger partial charge in [-0.15, -0.1) is 0 Å². The Bertz CT molecular complexity index is 103. The van der Waals surface area contributed by atoms with Crippen LogP contribution in [0.25, 0.3) is 0 Å². The highest BCUT2D eigenvalue weighted by molar-refractivity contribution is 6.11. The van der Waals surface area contributed by atoms with Crippen LogP contribution in [-0.2, 0) is 4.74 Å². The van der Waals surface area contributed by atoms with Crippen LogP contribution in [0.2, 0.25) is 0 Å². The lowest BCUT2D eigenvalue weighted by molar-refractivity contribution is 0.0733. The second-order valence-electron chi connectivity index (χ2n) is 3.78. The molecule has 0 N–H and O–H groups in total. The van der Waals surface area contributed by atoms with Gasteiger partial charge in [0, 0.05) is 6.00 Å². The van der Waals surface area contributed by atoms with Crippen LogP contribution in [0, 0.1) is 5.92 Å². The Morgan fingerprint density at radius 2 is 2.20 bits per heavy atom. The van der Waals surface area contributed by atoms with Crippen LogP contribution in [-0.4, -0.2) is 20.0 Å². The minimum Gasteiger partial charge on any atom is -0.384 e. The van der Waals surface area contributed by atoms with E-state index in [9.17, 15) is 0 Å². The van der Waals surface area contributed by atoms with Crippen molar-refractivity contribution in [2.24, 2.45) is 5.92 Å². The molecule has 1 fully saturated rings. The van der Waals surface area contributed by atoms with Crippen molar-refractivity contribution in [2.75, 3.05) is 0 Å². The molecule has 1 aliphatic heterocycles. The van der Waals surface area contributed by atoms with Crippen LogP contribution < -0.4 is 0 Å². The van der Waals surface area contributed by atoms with Crippen molar-refractivity contribution < 1.29 is 4.74 Å². The average molecular weight is 140 g/mol. The third kappa shape index (κ3) is 2.33. The van der Waals surface area contributed by atoms with Crippen LogP contribution in [0.1, 0.15) is 33.1 Å². The molecule has 0 aromatic carbocycles. The van der Waals surface area contributed by atoms with Crippen molar-refractivity contribution in [3.8, 4) is 0 Å². The summed E-state index contributed by atoms with van der Waals surface area (Å²) in [5.74, 6) is 0.787. The Hall–Kier alpha value is 0.0249. The van der Waals surface area contributed by atoms with Crippen molar-refractivity contribution in [1.29, 1.82) is 0 Å². The lowest BCUT2D eigenvalue weighted by atomic mass is 9.96. The molecule has 0 bridgehead atoms. The van der Waals surface area contributed by atoms with Crippen LogP contribution in [0.4, 0.5) is 0 Å². The van der Waals surface area contributed by atoms with Crippen molar-refractivity contribution >= 4 is 7.85 Å². The van der Waals surface area contributed by atoms with E-state index in [0.29, 0.717) is 12.1 Å². The molecular weight excluding hydrogens is 123 g/mol. The highest BCUT2D eigenvalue weighted by atomic mass is 16.5. The van der Waals surface area contributed by atoms with Gasteiger partial charge in [-0.1, -0.05) is 13.8 Å². The number of hydrogen-bond acceptors (Lipinski definition) is 1. The summed E-state index contributed by atoms with van der Waals surface area (Å²) in [4.78, 5) is 0. The van der Waals surface area contributed by atoms with E-state index in [2.05, 4.69) is 21.7 Å². The first-order valence-electron chi connectivity index (χ1n) is 4.34. The summed E-state index contributed by atoms with van der Waals surface area (Å²) < 4.78 is 5.67. The van der Waals surface area contributed by atoms with Crippen molar-refractivity contribution in [3.05, 3.63) is 0 Å². The maximum absolute atomic E-state index is 5.67. The van der Waals surface area contributed by atoms with Crippen LogP contribution in [0.5, 0.6) is 0 Å². The Balaban J connectivity index is 2.18. The summed E-state index contributed by atoms with van der Waals surface area (Å²) in [6.07, 6.45) is 4.34. The van der Waals surface area contributed by atoms with Gasteiger partial charge in [0.15, 0.2) is 0 Å². The van der Waals surface area contributed by atoms with E-state index >= 15 is 0 Å². The Morgan fingerprint density at radius 1 is 1.50 bits per heavy atom. The normalized spacial score (nSPS) is 33.5. The van der Waals surface area contributed by atoms with Gasteiger partial charge in [0.2, 0.25) is 0 Å². The van der Waals surface area contributed by atoms with E-state index in [1.54, 1.807) is 0 Å². The van der Waals surface area contributed by atoms with Crippen molar-refractivity contribution in [3.63, 3.8) is 0 Å². The Labute approximate surface area is 64.6 Å². The van der Waals surface area contributed by atoms with E-state index in [1.165, 1.54) is 19.3 Å². The Kier molecular flexibility index (Phi) is 2.78. The highest BCUT2D eigenvalue weighted by Gasteiger charge is 2.21. The maximum atomic E-state index is 5.67. The quantitative estimate of drug-likeness (QED) is 0.523. The zero-order chi connectivity index (χ0) is 7.56. The summed E-state index contributed by atoms with van der Waals surface area (Å²) >= 11 is 0. The molecule has 2 heteroatoms. The predicted octanol–water partition coefficient (Wildman–Crippen LogP) is 1.17. The van der Waals surface area contributed by atoms with E-state index < -0.39 is 0 Å². The van der Waals surface area contributed by atoms with E-state index in [-0.39, 0.29) is 0 Å². The highest BCUT2D eigenvalue weighted by Crippen LogP contribution is 2.22. The molecule has 0 amide bonds. The topological polar surface area (TPSA) is 9.23 Å². The van der Waals surface area contributed by atoms with E-state index in [4.69, 9.17) is 4.74 Å². The molecule has 1 rings (SSSR count). The largest absolute Gasteiger partial charge is 0.384 e. The summed E-state index contributed by atoms with van der Waals surface area (Å²) in [6.45, 7) is 4.51. The molecule has 1 nitrogen and oxygen atoms in total. The van der Waals surface area contributed by atoms with Crippen LogP contribution >= 0.6 is 0 Å². The summed E-state index contributed by atoms with van der Waals surface area (Å²) in [7, 11) is 2.17. The minimum absolute atomic E-state index is 0.517. The molecule has 0 radical (unpaired) electrons. The molecule has 0 aliphatic carbocycles. The van der Waals surface area contributed by atoms with Gasteiger partial charge < -0.3 is 4.74 Å². The molecule has 0 aromatic heterocycles. The van der Waals surface area contributed by atoms with Crippen LogP contribution in [0.3, 0.4) is 0 Å². The molecule has 0 aromatic rings. The predicted molar refractivity (Wildman–Crippen MR) is 45.9 cm³/mol. The van der Waals surface area contributed by atoms with Crippen LogP contribution in [0.15, 0.2) is 0 Å². The first-order valence-corrected chi connectivity index (χ1v) is 4.34. The zero-order valence-corrected chi connectivity index (χ0v) is 7.26. The first kappa shape index (κ1) is 8.12. The molecule has 58 valence electrons. The first-order chi connectivity index (χ1) is 4.68. The number of ether oxygens (including phenoxy) is 1. The molecule has 0 spiro atoms. The molecule has 10 heavy (non-hydrogen) atoms. The fraction of sp³-hybridized carbons (Fsp3) is 1.00. The molecular formula is C8H17BO. The lowest BCUT2D eigenvalue weighted by Gasteiger charge is -2.12. The average Bonchev–Trinajstić information content (AvgIpc) is 2.13. The maximum Gasteiger partial charge on any atom is 0.139 e. The molecule has 1 aliphatic rings. The smallest absolute Gasteiger partial charge is 0.139 e. The van der Waals surface area contributed by atoms with Crippen molar-refractivity contribution in [1.82, 2.24) is 0 Å². The van der Waals surface area contributed by atoms with Crippen molar-refractivity contribution in [2.45, 2.75) is 45.2 Å². The molecule has 1 heterocycles.